The maximum Gasteiger partial charge on any atom is 0.211 e. The Labute approximate surface area is 126 Å². The van der Waals surface area contributed by atoms with Crippen molar-refractivity contribution in [3.63, 3.8) is 0 Å². The topological polar surface area (TPSA) is 64.6 Å². The predicted octanol–water partition coefficient (Wildman–Crippen LogP) is 1.58. The van der Waals surface area contributed by atoms with Crippen LogP contribution >= 0.6 is 0 Å². The van der Waals surface area contributed by atoms with E-state index in [0.717, 1.165) is 24.2 Å². The lowest BCUT2D eigenvalue weighted by Gasteiger charge is -2.33. The summed E-state index contributed by atoms with van der Waals surface area (Å²) in [6, 6.07) is 7.65. The number of ether oxygens (including phenoxy) is 2. The second kappa shape index (κ2) is 7.24. The van der Waals surface area contributed by atoms with Crippen molar-refractivity contribution in [1.82, 2.24) is 4.72 Å². The number of benzene rings is 1. The fourth-order valence-electron chi connectivity index (χ4n) is 2.62. The van der Waals surface area contributed by atoms with Gasteiger partial charge in [-0.2, -0.15) is 0 Å². The minimum Gasteiger partial charge on any atom is -0.496 e. The van der Waals surface area contributed by atoms with Crippen molar-refractivity contribution in [2.45, 2.75) is 25.4 Å². The SMILES string of the molecule is COc1ccccc1CCNS(=O)(=O)CC1CC(OC)C1. The highest BCUT2D eigenvalue weighted by atomic mass is 32.2. The van der Waals surface area contributed by atoms with E-state index in [0.29, 0.717) is 13.0 Å². The molecular weight excluding hydrogens is 290 g/mol. The average Bonchev–Trinajstić information content (AvgIpc) is 2.42. The van der Waals surface area contributed by atoms with Crippen molar-refractivity contribution in [2.24, 2.45) is 5.92 Å². The summed E-state index contributed by atoms with van der Waals surface area (Å²) in [5, 5.41) is 0. The van der Waals surface area contributed by atoms with Crippen LogP contribution in [0, 0.1) is 5.92 Å². The van der Waals surface area contributed by atoms with Crippen LogP contribution < -0.4 is 9.46 Å². The van der Waals surface area contributed by atoms with Crippen molar-refractivity contribution < 1.29 is 17.9 Å². The van der Waals surface area contributed by atoms with Crippen LogP contribution in [-0.2, 0) is 21.2 Å². The normalized spacial score (nSPS) is 21.8. The van der Waals surface area contributed by atoms with E-state index in [-0.39, 0.29) is 17.8 Å². The summed E-state index contributed by atoms with van der Waals surface area (Å²) >= 11 is 0. The molecule has 0 aromatic heterocycles. The van der Waals surface area contributed by atoms with Gasteiger partial charge in [0, 0.05) is 13.7 Å². The Hall–Kier alpha value is -1.11. The Morgan fingerprint density at radius 2 is 1.95 bits per heavy atom. The lowest BCUT2D eigenvalue weighted by Crippen LogP contribution is -2.39. The van der Waals surface area contributed by atoms with Crippen LogP contribution in [0.1, 0.15) is 18.4 Å². The Bertz CT molecular complexity index is 553. The van der Waals surface area contributed by atoms with Crippen LogP contribution in [0.15, 0.2) is 24.3 Å². The first kappa shape index (κ1) is 16.3. The molecule has 1 aromatic rings. The summed E-state index contributed by atoms with van der Waals surface area (Å²) in [5.41, 5.74) is 1.01. The van der Waals surface area contributed by atoms with Gasteiger partial charge in [-0.1, -0.05) is 18.2 Å². The van der Waals surface area contributed by atoms with Gasteiger partial charge in [0.05, 0.1) is 19.0 Å². The van der Waals surface area contributed by atoms with E-state index < -0.39 is 10.0 Å². The summed E-state index contributed by atoms with van der Waals surface area (Å²) in [6.45, 7) is 0.392. The van der Waals surface area contributed by atoms with E-state index in [1.54, 1.807) is 14.2 Å². The molecule has 1 aliphatic rings. The first-order valence-corrected chi connectivity index (χ1v) is 8.81. The first-order valence-electron chi connectivity index (χ1n) is 7.16. The van der Waals surface area contributed by atoms with E-state index in [1.807, 2.05) is 24.3 Å². The average molecular weight is 313 g/mol. The highest BCUT2D eigenvalue weighted by molar-refractivity contribution is 7.89. The van der Waals surface area contributed by atoms with Crippen molar-refractivity contribution >= 4 is 10.0 Å². The minimum atomic E-state index is -3.21. The number of hydrogen-bond donors (Lipinski definition) is 1. The molecule has 0 bridgehead atoms. The molecule has 0 heterocycles. The number of nitrogens with one attached hydrogen (secondary N) is 1. The zero-order chi connectivity index (χ0) is 15.3. The molecule has 1 N–H and O–H groups in total. The van der Waals surface area contributed by atoms with Crippen molar-refractivity contribution in [3.8, 4) is 5.75 Å². The molecule has 0 saturated heterocycles. The van der Waals surface area contributed by atoms with Gasteiger partial charge in [0.25, 0.3) is 0 Å². The second-order valence-electron chi connectivity index (χ2n) is 5.43. The smallest absolute Gasteiger partial charge is 0.211 e. The van der Waals surface area contributed by atoms with Crippen LogP contribution in [0.3, 0.4) is 0 Å². The van der Waals surface area contributed by atoms with Crippen LogP contribution in [0.2, 0.25) is 0 Å². The lowest BCUT2D eigenvalue weighted by atomic mass is 9.84. The van der Waals surface area contributed by atoms with Crippen LogP contribution in [-0.4, -0.2) is 41.0 Å². The van der Waals surface area contributed by atoms with Crippen LogP contribution in [0.25, 0.3) is 0 Å². The zero-order valence-electron chi connectivity index (χ0n) is 12.5. The Morgan fingerprint density at radius 1 is 1.24 bits per heavy atom. The molecule has 1 fully saturated rings. The Balaban J connectivity index is 1.77. The predicted molar refractivity (Wildman–Crippen MR) is 82.0 cm³/mol. The van der Waals surface area contributed by atoms with E-state index in [9.17, 15) is 8.42 Å². The maximum atomic E-state index is 12.0. The number of para-hydroxylation sites is 1. The Morgan fingerprint density at radius 3 is 2.62 bits per heavy atom. The van der Waals surface area contributed by atoms with Gasteiger partial charge in [-0.3, -0.25) is 0 Å². The van der Waals surface area contributed by atoms with Crippen molar-refractivity contribution in [3.05, 3.63) is 29.8 Å². The number of hydrogen-bond acceptors (Lipinski definition) is 4. The maximum absolute atomic E-state index is 12.0. The van der Waals surface area contributed by atoms with Crippen molar-refractivity contribution in [1.29, 1.82) is 0 Å². The molecule has 5 nitrogen and oxygen atoms in total. The molecule has 0 atom stereocenters. The number of methoxy groups -OCH3 is 2. The van der Waals surface area contributed by atoms with Gasteiger partial charge in [-0.05, 0) is 36.8 Å². The second-order valence-corrected chi connectivity index (χ2v) is 7.28. The highest BCUT2D eigenvalue weighted by Gasteiger charge is 2.32. The van der Waals surface area contributed by atoms with Gasteiger partial charge in [-0.25, -0.2) is 13.1 Å². The molecule has 21 heavy (non-hydrogen) atoms. The van der Waals surface area contributed by atoms with Crippen LogP contribution in [0.4, 0.5) is 0 Å². The third kappa shape index (κ3) is 4.69. The largest absolute Gasteiger partial charge is 0.496 e. The van der Waals surface area contributed by atoms with Gasteiger partial charge in [0.2, 0.25) is 10.0 Å². The lowest BCUT2D eigenvalue weighted by molar-refractivity contribution is 0.00851. The van der Waals surface area contributed by atoms with Crippen molar-refractivity contribution in [2.75, 3.05) is 26.5 Å². The summed E-state index contributed by atoms with van der Waals surface area (Å²) in [7, 11) is 0.0750. The fraction of sp³-hybridized carbons (Fsp3) is 0.600. The quantitative estimate of drug-likeness (QED) is 0.791. The molecule has 118 valence electrons. The fourth-order valence-corrected chi connectivity index (χ4v) is 4.05. The Kier molecular flexibility index (Phi) is 5.61. The molecule has 6 heteroatoms. The summed E-state index contributed by atoms with van der Waals surface area (Å²) in [4.78, 5) is 0. The summed E-state index contributed by atoms with van der Waals surface area (Å²) in [5.74, 6) is 1.20. The van der Waals surface area contributed by atoms with Crippen LogP contribution in [0.5, 0.6) is 5.75 Å². The van der Waals surface area contributed by atoms with E-state index in [1.165, 1.54) is 0 Å². The van der Waals surface area contributed by atoms with Gasteiger partial charge in [0.15, 0.2) is 0 Å². The third-order valence-corrected chi connectivity index (χ3v) is 5.44. The third-order valence-electron chi connectivity index (χ3n) is 3.89. The van der Waals surface area contributed by atoms with Gasteiger partial charge in [0.1, 0.15) is 5.75 Å². The molecule has 0 aliphatic heterocycles. The highest BCUT2D eigenvalue weighted by Crippen LogP contribution is 2.30. The first-order chi connectivity index (χ1) is 10.0. The molecule has 0 amide bonds. The monoisotopic (exact) mass is 313 g/mol. The molecule has 1 saturated carbocycles. The van der Waals surface area contributed by atoms with E-state index in [2.05, 4.69) is 4.72 Å². The number of rotatable bonds is 8. The summed E-state index contributed by atoms with van der Waals surface area (Å²) in [6.07, 6.45) is 2.53. The molecule has 1 aliphatic carbocycles. The van der Waals surface area contributed by atoms with Gasteiger partial charge >= 0.3 is 0 Å². The standard InChI is InChI=1S/C15H23NO4S/c1-19-14-9-12(10-14)11-21(17,18)16-8-7-13-5-3-4-6-15(13)20-2/h3-6,12,14,16H,7-11H2,1-2H3. The molecule has 0 radical (unpaired) electrons. The molecular formula is C15H23NO4S. The van der Waals surface area contributed by atoms with Gasteiger partial charge in [-0.15, -0.1) is 0 Å². The zero-order valence-corrected chi connectivity index (χ0v) is 13.4. The minimum absolute atomic E-state index is 0.193. The molecule has 2 rings (SSSR count). The molecule has 0 spiro atoms. The molecule has 1 aromatic carbocycles. The van der Waals surface area contributed by atoms with E-state index >= 15 is 0 Å². The van der Waals surface area contributed by atoms with E-state index in [4.69, 9.17) is 9.47 Å². The number of sulfonamides is 1. The molecule has 0 unspecified atom stereocenters. The summed E-state index contributed by atoms with van der Waals surface area (Å²) < 4.78 is 37.1. The van der Waals surface area contributed by atoms with Gasteiger partial charge < -0.3 is 9.47 Å².